The highest BCUT2D eigenvalue weighted by Crippen LogP contribution is 2.39. The maximum atomic E-state index is 14.9. The lowest BCUT2D eigenvalue weighted by Gasteiger charge is -2.29. The van der Waals surface area contributed by atoms with Gasteiger partial charge in [-0.2, -0.15) is 26.3 Å². The van der Waals surface area contributed by atoms with E-state index in [1.54, 1.807) is 62.9 Å². The fraction of sp³-hybridized carbons (Fsp3) is 0.250. The van der Waals surface area contributed by atoms with E-state index in [2.05, 4.69) is 40.4 Å². The number of amides is 2. The van der Waals surface area contributed by atoms with Crippen molar-refractivity contribution in [2.24, 2.45) is 0 Å². The maximum Gasteiger partial charge on any atom is 0.416 e. The number of likely N-dealkylation sites (N-methyl/N-ethyl adjacent to an activating group) is 4. The Labute approximate surface area is 442 Å². The van der Waals surface area contributed by atoms with Gasteiger partial charge >= 0.3 is 12.4 Å². The van der Waals surface area contributed by atoms with E-state index in [0.717, 1.165) is 75.4 Å². The van der Waals surface area contributed by atoms with Crippen LogP contribution in [0.25, 0.3) is 44.1 Å². The van der Waals surface area contributed by atoms with Crippen LogP contribution < -0.4 is 31.9 Å². The molecule has 2 atom stereocenters. The van der Waals surface area contributed by atoms with Gasteiger partial charge in [0.25, 0.3) is 11.8 Å². The van der Waals surface area contributed by atoms with Gasteiger partial charge in [-0.05, 0) is 147 Å². The van der Waals surface area contributed by atoms with Crippen LogP contribution in [0.2, 0.25) is 0 Å². The van der Waals surface area contributed by atoms with E-state index in [1.165, 1.54) is 36.4 Å². The minimum absolute atomic E-state index is 0.0443. The number of carbonyl (C=O) groups excluding carboxylic acids is 2. The van der Waals surface area contributed by atoms with Crippen LogP contribution in [0.1, 0.15) is 44.7 Å². The number of fused-ring (bicyclic) bond motifs is 2. The van der Waals surface area contributed by atoms with Crippen molar-refractivity contribution in [1.29, 1.82) is 0 Å². The van der Waals surface area contributed by atoms with Gasteiger partial charge < -0.3 is 41.7 Å². The molecule has 0 spiro atoms. The minimum Gasteiger partial charge on any atom is -0.369 e. The minimum atomic E-state index is -4.61. The number of carbonyl (C=O) groups is 2. The first-order valence-corrected chi connectivity index (χ1v) is 24.5. The third-order valence-electron chi connectivity index (χ3n) is 14.0. The van der Waals surface area contributed by atoms with Gasteiger partial charge in [0.2, 0.25) is 11.9 Å². The number of alkyl halides is 6. The molecule has 6 aromatic carbocycles. The summed E-state index contributed by atoms with van der Waals surface area (Å²) in [5.41, 5.74) is 13.3. The monoisotopic (exact) mass is 1080 g/mol. The van der Waals surface area contributed by atoms with Crippen LogP contribution in [0.5, 0.6) is 0 Å². The van der Waals surface area contributed by atoms with Crippen molar-refractivity contribution in [3.63, 3.8) is 0 Å². The lowest BCUT2D eigenvalue weighted by molar-refractivity contribution is -0.138. The quantitative estimate of drug-likeness (QED) is 0.0956. The zero-order valence-corrected chi connectivity index (χ0v) is 42.5. The molecule has 2 saturated heterocycles. The van der Waals surface area contributed by atoms with Crippen LogP contribution in [0, 0.1) is 11.6 Å². The normalized spacial score (nSPS) is 16.0. The van der Waals surface area contributed by atoms with Crippen LogP contribution in [-0.2, 0) is 12.4 Å². The first-order valence-electron chi connectivity index (χ1n) is 24.5. The molecule has 4 heterocycles. The molecule has 8 aromatic rings. The Morgan fingerprint density at radius 1 is 0.551 bits per heavy atom. The van der Waals surface area contributed by atoms with Gasteiger partial charge in [-0.1, -0.05) is 24.3 Å². The van der Waals surface area contributed by atoms with Crippen molar-refractivity contribution in [2.45, 2.75) is 37.3 Å². The number of nitrogens with one attached hydrogen (secondary N) is 2. The summed E-state index contributed by atoms with van der Waals surface area (Å²) in [5.74, 6) is -3.04. The first kappa shape index (κ1) is 54.3. The molecule has 0 radical (unpaired) electrons. The lowest BCUT2D eigenvalue weighted by atomic mass is 10.0. The Morgan fingerprint density at radius 3 is 1.28 bits per heavy atom. The van der Waals surface area contributed by atoms with Crippen molar-refractivity contribution in [1.82, 2.24) is 29.7 Å². The first-order chi connectivity index (χ1) is 37.0. The Kier molecular flexibility index (Phi) is 15.2. The molecule has 0 saturated carbocycles. The Balaban J connectivity index is 0.000000190. The number of hydrogen-bond acceptors (Lipinski definition) is 12. The average Bonchev–Trinajstić information content (AvgIpc) is 4.07. The number of nitrogen functional groups attached to an aromatic ring is 2. The van der Waals surface area contributed by atoms with Crippen molar-refractivity contribution >= 4 is 68.3 Å². The van der Waals surface area contributed by atoms with E-state index >= 15 is 0 Å². The Morgan fingerprint density at radius 2 is 0.923 bits per heavy atom. The van der Waals surface area contributed by atoms with E-state index < -0.39 is 46.9 Å². The van der Waals surface area contributed by atoms with E-state index in [0.29, 0.717) is 55.4 Å². The molecule has 0 unspecified atom stereocenters. The zero-order chi connectivity index (χ0) is 55.8. The fourth-order valence-corrected chi connectivity index (χ4v) is 9.68. The van der Waals surface area contributed by atoms with E-state index in [1.807, 2.05) is 23.9 Å². The molecular weight excluding hydrogens is 1020 g/mol. The van der Waals surface area contributed by atoms with E-state index in [9.17, 15) is 44.7 Å². The highest BCUT2D eigenvalue weighted by Gasteiger charge is 2.35. The van der Waals surface area contributed by atoms with Gasteiger partial charge in [0.1, 0.15) is 11.6 Å². The molecule has 10 rings (SSSR count). The second-order valence-corrected chi connectivity index (χ2v) is 19.4. The number of hydrogen-bond donors (Lipinski definition) is 4. The summed E-state index contributed by atoms with van der Waals surface area (Å²) < 4.78 is 111. The Bertz CT molecular complexity index is 3350. The number of anilines is 6. The molecule has 22 heteroatoms. The van der Waals surface area contributed by atoms with Gasteiger partial charge in [0.15, 0.2) is 0 Å². The molecular formula is C56H52F8N12O2. The van der Waals surface area contributed by atoms with Crippen molar-refractivity contribution < 1.29 is 44.7 Å². The summed E-state index contributed by atoms with van der Waals surface area (Å²) in [6.07, 6.45) is -4.46. The molecule has 2 aromatic heterocycles. The summed E-state index contributed by atoms with van der Waals surface area (Å²) >= 11 is 0. The van der Waals surface area contributed by atoms with Crippen molar-refractivity contribution in [3.05, 3.63) is 155 Å². The summed E-state index contributed by atoms with van der Waals surface area (Å²) in [6.45, 7) is 3.16. The van der Waals surface area contributed by atoms with Crippen LogP contribution >= 0.6 is 0 Å². The lowest BCUT2D eigenvalue weighted by Crippen LogP contribution is -2.34. The number of rotatable bonds is 10. The third-order valence-corrected chi connectivity index (χ3v) is 14.0. The van der Waals surface area contributed by atoms with Gasteiger partial charge in [-0.15, -0.1) is 0 Å². The maximum absolute atomic E-state index is 14.9. The topological polar surface area (TPSA) is 175 Å². The number of benzene rings is 6. The molecule has 0 bridgehead atoms. The Hall–Kier alpha value is -8.50. The molecule has 6 N–H and O–H groups in total. The molecule has 2 fully saturated rings. The van der Waals surface area contributed by atoms with Crippen LogP contribution in [0.15, 0.2) is 122 Å². The zero-order valence-electron chi connectivity index (χ0n) is 42.5. The summed E-state index contributed by atoms with van der Waals surface area (Å²) in [7, 11) is 7.49. The molecule has 2 aliphatic rings. The van der Waals surface area contributed by atoms with Crippen LogP contribution in [0.3, 0.4) is 0 Å². The van der Waals surface area contributed by atoms with Crippen molar-refractivity contribution in [2.75, 3.05) is 86.3 Å². The molecule has 14 nitrogen and oxygen atoms in total. The van der Waals surface area contributed by atoms with E-state index in [4.69, 9.17) is 11.5 Å². The van der Waals surface area contributed by atoms with Gasteiger partial charge in [0, 0.05) is 62.4 Å². The number of halogens is 8. The SMILES string of the molecule is CN1CC[C@@H](N(C)c2ccc(C(F)(F)F)cc2NC(=O)c2cc(-c3ccc4nc(N)ncc4c3)ccc2F)C1.CN1CC[C@H](N(C)c2ccc(C(F)(F)F)cc2NC(=O)c2cc(-c3ccc4nc(N)ncc4c3)ccc2F)C1. The highest BCUT2D eigenvalue weighted by atomic mass is 19.4. The fourth-order valence-electron chi connectivity index (χ4n) is 9.68. The summed E-state index contributed by atoms with van der Waals surface area (Å²) in [6, 6.07) is 25.1. The number of nitrogens with two attached hydrogens (primary N) is 2. The largest absolute Gasteiger partial charge is 0.416 e. The molecule has 2 aliphatic heterocycles. The van der Waals surface area contributed by atoms with Gasteiger partial charge in [0.05, 0.1) is 56.0 Å². The smallest absolute Gasteiger partial charge is 0.369 e. The molecule has 2 amide bonds. The molecule has 0 aliphatic carbocycles. The number of likely N-dealkylation sites (tertiary alicyclic amines) is 2. The molecule has 78 heavy (non-hydrogen) atoms. The molecule has 404 valence electrons. The van der Waals surface area contributed by atoms with Gasteiger partial charge in [-0.25, -0.2) is 28.7 Å². The highest BCUT2D eigenvalue weighted by molar-refractivity contribution is 6.08. The number of aromatic nitrogens is 4. The predicted molar refractivity (Wildman–Crippen MR) is 286 cm³/mol. The second kappa shape index (κ2) is 21.9. The summed E-state index contributed by atoms with van der Waals surface area (Å²) in [4.78, 5) is 50.8. The average molecular weight is 1080 g/mol. The van der Waals surface area contributed by atoms with E-state index in [-0.39, 0.29) is 46.5 Å². The third kappa shape index (κ3) is 12.0. The number of nitrogens with zero attached hydrogens (tertiary/aromatic N) is 8. The standard InChI is InChI=1S/2C28H26F4N6O/c2*1-37-10-9-20(15-37)38(2)25-8-5-19(28(30,31)32)13-24(25)35-26(39)21-12-17(3-6-22(21)29)16-4-7-23-18(11-16)14-34-27(33)36-23/h2*3-8,11-14,20H,9-10,15H2,1-2H3,(H,35,39)(H2,33,34,36)/t2*20-/m10/s1. The summed E-state index contributed by atoms with van der Waals surface area (Å²) in [5, 5.41) is 6.48. The van der Waals surface area contributed by atoms with Crippen LogP contribution in [0.4, 0.5) is 69.8 Å². The van der Waals surface area contributed by atoms with Crippen molar-refractivity contribution in [3.8, 4) is 22.3 Å². The van der Waals surface area contributed by atoms with Gasteiger partial charge in [-0.3, -0.25) is 9.59 Å². The van der Waals surface area contributed by atoms with Crippen LogP contribution in [-0.4, -0.2) is 108 Å². The second-order valence-electron chi connectivity index (χ2n) is 19.4. The predicted octanol–water partition coefficient (Wildman–Crippen LogP) is 10.9.